The van der Waals surface area contributed by atoms with E-state index in [0.29, 0.717) is 18.5 Å². The Kier molecular flexibility index (Phi) is 5.49. The highest BCUT2D eigenvalue weighted by Gasteiger charge is 2.24. The van der Waals surface area contributed by atoms with Gasteiger partial charge in [-0.05, 0) is 30.9 Å². The van der Waals surface area contributed by atoms with Crippen LogP contribution in [0.25, 0.3) is 0 Å². The summed E-state index contributed by atoms with van der Waals surface area (Å²) >= 11 is 0. The van der Waals surface area contributed by atoms with Crippen molar-refractivity contribution in [2.75, 3.05) is 37.6 Å². The Hall–Kier alpha value is -1.62. The van der Waals surface area contributed by atoms with Crippen LogP contribution in [0.2, 0.25) is 0 Å². The fourth-order valence-electron chi connectivity index (χ4n) is 3.66. The van der Waals surface area contributed by atoms with Gasteiger partial charge in [-0.3, -0.25) is 9.69 Å². The summed E-state index contributed by atoms with van der Waals surface area (Å²) < 4.78 is 0. The maximum Gasteiger partial charge on any atom is 0.234 e. The third-order valence-electron chi connectivity index (χ3n) is 5.17. The first-order valence-corrected chi connectivity index (χ1v) is 8.90. The zero-order chi connectivity index (χ0) is 16.1. The number of pyridine rings is 1. The molecule has 0 unspecified atom stereocenters. The first-order valence-electron chi connectivity index (χ1n) is 8.90. The van der Waals surface area contributed by atoms with E-state index >= 15 is 0 Å². The summed E-state index contributed by atoms with van der Waals surface area (Å²) in [5.41, 5.74) is 0. The minimum absolute atomic E-state index is 0.190. The molecule has 1 aliphatic heterocycles. The quantitative estimate of drug-likeness (QED) is 0.922. The predicted octanol–water partition coefficient (Wildman–Crippen LogP) is 1.90. The van der Waals surface area contributed by atoms with Gasteiger partial charge in [0, 0.05) is 38.4 Å². The molecule has 0 radical (unpaired) electrons. The second-order valence-corrected chi connectivity index (χ2v) is 6.89. The largest absolute Gasteiger partial charge is 0.354 e. The fraction of sp³-hybridized carbons (Fsp3) is 0.667. The molecule has 1 saturated heterocycles. The highest BCUT2D eigenvalue weighted by molar-refractivity contribution is 5.78. The summed E-state index contributed by atoms with van der Waals surface area (Å²) in [6, 6.07) is 6.39. The molecule has 0 aromatic carbocycles. The van der Waals surface area contributed by atoms with Crippen molar-refractivity contribution < 1.29 is 4.79 Å². The highest BCUT2D eigenvalue weighted by Crippen LogP contribution is 2.23. The third kappa shape index (κ3) is 4.44. The van der Waals surface area contributed by atoms with E-state index in [2.05, 4.69) is 27.0 Å². The van der Waals surface area contributed by atoms with Gasteiger partial charge in [0.2, 0.25) is 5.91 Å². The van der Waals surface area contributed by atoms with Crippen LogP contribution in [0.5, 0.6) is 0 Å². The van der Waals surface area contributed by atoms with Gasteiger partial charge in [-0.1, -0.05) is 25.8 Å². The SMILES string of the molecule is C[C@@H]1CCCC[C@H]1NC(=O)CN1CCN(c2ccccn2)CC1. The van der Waals surface area contributed by atoms with Crippen molar-refractivity contribution >= 4 is 11.7 Å². The number of hydrogen-bond acceptors (Lipinski definition) is 4. The smallest absolute Gasteiger partial charge is 0.234 e. The number of piperazine rings is 1. The maximum absolute atomic E-state index is 12.3. The van der Waals surface area contributed by atoms with Crippen molar-refractivity contribution in [3.8, 4) is 0 Å². The van der Waals surface area contributed by atoms with Crippen LogP contribution in [0.1, 0.15) is 32.6 Å². The molecular formula is C18H28N4O. The summed E-state index contributed by atoms with van der Waals surface area (Å²) in [4.78, 5) is 21.2. The number of nitrogens with one attached hydrogen (secondary N) is 1. The molecule has 0 bridgehead atoms. The van der Waals surface area contributed by atoms with Crippen LogP contribution in [0.3, 0.4) is 0 Å². The van der Waals surface area contributed by atoms with Crippen LogP contribution < -0.4 is 10.2 Å². The Morgan fingerprint density at radius 1 is 1.22 bits per heavy atom. The van der Waals surface area contributed by atoms with Crippen molar-refractivity contribution in [3.63, 3.8) is 0 Å². The summed E-state index contributed by atoms with van der Waals surface area (Å²) in [5.74, 6) is 1.84. The van der Waals surface area contributed by atoms with E-state index in [1.807, 2.05) is 24.4 Å². The van der Waals surface area contributed by atoms with Crippen LogP contribution >= 0.6 is 0 Å². The number of carbonyl (C=O) groups is 1. The maximum atomic E-state index is 12.3. The molecule has 1 amide bonds. The Morgan fingerprint density at radius 3 is 2.70 bits per heavy atom. The van der Waals surface area contributed by atoms with E-state index in [1.54, 1.807) is 0 Å². The van der Waals surface area contributed by atoms with Crippen LogP contribution in [0.4, 0.5) is 5.82 Å². The lowest BCUT2D eigenvalue weighted by Crippen LogP contribution is -2.51. The first kappa shape index (κ1) is 16.2. The van der Waals surface area contributed by atoms with Crippen molar-refractivity contribution in [1.29, 1.82) is 0 Å². The van der Waals surface area contributed by atoms with Gasteiger partial charge in [0.1, 0.15) is 5.82 Å². The molecule has 2 heterocycles. The molecule has 3 rings (SSSR count). The summed E-state index contributed by atoms with van der Waals surface area (Å²) in [5, 5.41) is 3.25. The van der Waals surface area contributed by atoms with Gasteiger partial charge >= 0.3 is 0 Å². The monoisotopic (exact) mass is 316 g/mol. The normalized spacial score (nSPS) is 26.0. The number of anilines is 1. The van der Waals surface area contributed by atoms with E-state index in [9.17, 15) is 4.79 Å². The molecule has 1 aromatic heterocycles. The van der Waals surface area contributed by atoms with Gasteiger partial charge in [0.05, 0.1) is 6.54 Å². The molecule has 0 spiro atoms. The van der Waals surface area contributed by atoms with Gasteiger partial charge in [0.25, 0.3) is 0 Å². The van der Waals surface area contributed by atoms with Crippen LogP contribution in [0, 0.1) is 5.92 Å². The molecule has 1 saturated carbocycles. The molecule has 5 nitrogen and oxygen atoms in total. The first-order chi connectivity index (χ1) is 11.2. The topological polar surface area (TPSA) is 48.5 Å². The van der Waals surface area contributed by atoms with Crippen LogP contribution in [0.15, 0.2) is 24.4 Å². The Bertz CT molecular complexity index is 499. The van der Waals surface area contributed by atoms with Gasteiger partial charge in [-0.25, -0.2) is 4.98 Å². The molecular weight excluding hydrogens is 288 g/mol. The number of aromatic nitrogens is 1. The minimum Gasteiger partial charge on any atom is -0.354 e. The van der Waals surface area contributed by atoms with E-state index in [4.69, 9.17) is 0 Å². The Balaban J connectivity index is 1.42. The summed E-state index contributed by atoms with van der Waals surface area (Å²) in [6.07, 6.45) is 6.77. The molecule has 1 aromatic rings. The van der Waals surface area contributed by atoms with E-state index in [-0.39, 0.29) is 5.91 Å². The second-order valence-electron chi connectivity index (χ2n) is 6.89. The molecule has 5 heteroatoms. The van der Waals surface area contributed by atoms with Crippen molar-refractivity contribution in [1.82, 2.24) is 15.2 Å². The average Bonchev–Trinajstić information content (AvgIpc) is 2.58. The highest BCUT2D eigenvalue weighted by atomic mass is 16.2. The summed E-state index contributed by atoms with van der Waals surface area (Å²) in [6.45, 7) is 6.50. The number of amides is 1. The minimum atomic E-state index is 0.190. The van der Waals surface area contributed by atoms with Crippen molar-refractivity contribution in [2.45, 2.75) is 38.6 Å². The molecule has 2 aliphatic rings. The van der Waals surface area contributed by atoms with Crippen LogP contribution in [-0.2, 0) is 4.79 Å². The van der Waals surface area contributed by atoms with Gasteiger partial charge in [-0.15, -0.1) is 0 Å². The lowest BCUT2D eigenvalue weighted by atomic mass is 9.86. The second kappa shape index (κ2) is 7.77. The lowest BCUT2D eigenvalue weighted by Gasteiger charge is -2.35. The summed E-state index contributed by atoms with van der Waals surface area (Å²) in [7, 11) is 0. The third-order valence-corrected chi connectivity index (χ3v) is 5.17. The average molecular weight is 316 g/mol. The standard InChI is InChI=1S/C18H28N4O/c1-15-6-2-3-7-16(15)20-18(23)14-21-10-12-22(13-11-21)17-8-4-5-9-19-17/h4-5,8-9,15-16H,2-3,6-7,10-14H2,1H3,(H,20,23)/t15-,16-/m1/s1. The van der Waals surface area contributed by atoms with Gasteiger partial charge in [0.15, 0.2) is 0 Å². The molecule has 2 atom stereocenters. The molecule has 23 heavy (non-hydrogen) atoms. The van der Waals surface area contributed by atoms with Crippen molar-refractivity contribution in [2.24, 2.45) is 5.92 Å². The van der Waals surface area contributed by atoms with E-state index < -0.39 is 0 Å². The Morgan fingerprint density at radius 2 is 2.00 bits per heavy atom. The van der Waals surface area contributed by atoms with Gasteiger partial charge in [-0.2, -0.15) is 0 Å². The number of hydrogen-bond donors (Lipinski definition) is 1. The predicted molar refractivity (Wildman–Crippen MR) is 92.5 cm³/mol. The number of nitrogens with zero attached hydrogens (tertiary/aromatic N) is 3. The Labute approximate surface area is 139 Å². The zero-order valence-corrected chi connectivity index (χ0v) is 14.1. The lowest BCUT2D eigenvalue weighted by molar-refractivity contribution is -0.123. The van der Waals surface area contributed by atoms with E-state index in [1.165, 1.54) is 19.3 Å². The molecule has 126 valence electrons. The number of carbonyl (C=O) groups excluding carboxylic acids is 1. The molecule has 2 fully saturated rings. The van der Waals surface area contributed by atoms with E-state index in [0.717, 1.165) is 38.4 Å². The fourth-order valence-corrected chi connectivity index (χ4v) is 3.66. The zero-order valence-electron chi connectivity index (χ0n) is 14.1. The molecule has 1 N–H and O–H groups in total. The van der Waals surface area contributed by atoms with Crippen molar-refractivity contribution in [3.05, 3.63) is 24.4 Å². The van der Waals surface area contributed by atoms with Gasteiger partial charge < -0.3 is 10.2 Å². The number of rotatable bonds is 4. The molecule has 1 aliphatic carbocycles. The van der Waals surface area contributed by atoms with Crippen LogP contribution in [-0.4, -0.2) is 54.6 Å².